The lowest BCUT2D eigenvalue weighted by Gasteiger charge is -2.16. The van der Waals surface area contributed by atoms with Crippen molar-refractivity contribution in [3.63, 3.8) is 0 Å². The number of nitrogens with zero attached hydrogens (tertiary/aromatic N) is 1. The van der Waals surface area contributed by atoms with Crippen LogP contribution in [0.15, 0.2) is 146 Å². The van der Waals surface area contributed by atoms with Crippen LogP contribution in [0.4, 0.5) is 0 Å². The van der Waals surface area contributed by atoms with Crippen molar-refractivity contribution in [2.24, 2.45) is 0 Å². The molecule has 0 atom stereocenters. The Hall–Kier alpha value is -5.27. The zero-order chi connectivity index (χ0) is 32.6. The monoisotopic (exact) mass is 597 g/mol. The van der Waals surface area contributed by atoms with Gasteiger partial charge < -0.3 is 0 Å². The van der Waals surface area contributed by atoms with E-state index in [2.05, 4.69) is 168 Å². The highest BCUT2D eigenvalue weighted by atomic mass is 14.7. The topological polar surface area (TPSA) is 12.9 Å². The molecule has 0 saturated heterocycles. The van der Waals surface area contributed by atoms with Crippen LogP contribution < -0.4 is 0 Å². The van der Waals surface area contributed by atoms with Crippen molar-refractivity contribution in [2.45, 2.75) is 41.5 Å². The van der Waals surface area contributed by atoms with E-state index in [4.69, 9.17) is 4.98 Å². The lowest BCUT2D eigenvalue weighted by atomic mass is 9.88. The highest BCUT2D eigenvalue weighted by molar-refractivity contribution is 5.91. The van der Waals surface area contributed by atoms with Crippen molar-refractivity contribution >= 4 is 27.2 Å². The minimum atomic E-state index is 0.984. The van der Waals surface area contributed by atoms with E-state index in [-0.39, 0.29) is 0 Å². The molecule has 0 saturated carbocycles. The molecule has 6 aromatic carbocycles. The van der Waals surface area contributed by atoms with Gasteiger partial charge in [0.25, 0.3) is 0 Å². The Morgan fingerprint density at radius 2 is 1.02 bits per heavy atom. The van der Waals surface area contributed by atoms with E-state index >= 15 is 0 Å². The van der Waals surface area contributed by atoms with Crippen molar-refractivity contribution < 1.29 is 0 Å². The van der Waals surface area contributed by atoms with Gasteiger partial charge in [0.05, 0.1) is 11.2 Å². The predicted octanol–water partition coefficient (Wildman–Crippen LogP) is 13.1. The number of benzene rings is 6. The predicted molar refractivity (Wildman–Crippen MR) is 202 cm³/mol. The van der Waals surface area contributed by atoms with Gasteiger partial charge in [-0.15, -0.1) is 0 Å². The summed E-state index contributed by atoms with van der Waals surface area (Å²) in [4.78, 5) is 4.94. The molecule has 0 amide bonds. The number of aryl methyl sites for hydroxylation is 3. The highest BCUT2D eigenvalue weighted by Gasteiger charge is 2.13. The number of allylic oxidation sites excluding steroid dienone is 1. The summed E-state index contributed by atoms with van der Waals surface area (Å²) in [6.45, 7) is 16.8. The van der Waals surface area contributed by atoms with Gasteiger partial charge in [-0.25, -0.2) is 4.98 Å². The molecule has 0 aliphatic heterocycles. The van der Waals surface area contributed by atoms with Crippen molar-refractivity contribution in [1.82, 2.24) is 4.98 Å². The summed E-state index contributed by atoms with van der Waals surface area (Å²) in [7, 11) is 0. The summed E-state index contributed by atoms with van der Waals surface area (Å²) >= 11 is 0. The molecule has 7 rings (SSSR count). The van der Waals surface area contributed by atoms with E-state index < -0.39 is 0 Å². The first-order valence-electron chi connectivity index (χ1n) is 16.2. The van der Waals surface area contributed by atoms with E-state index in [1.54, 1.807) is 0 Å². The fraction of sp³-hybridized carbons (Fsp3) is 0.133. The van der Waals surface area contributed by atoms with Gasteiger partial charge in [-0.3, -0.25) is 0 Å². The maximum Gasteiger partial charge on any atom is 0.0709 e. The van der Waals surface area contributed by atoms with E-state index in [1.807, 2.05) is 19.9 Å². The Labute approximate surface area is 274 Å². The average molecular weight is 598 g/mol. The summed E-state index contributed by atoms with van der Waals surface area (Å²) in [5.41, 5.74) is 14.1. The normalized spacial score (nSPS) is 10.5. The fourth-order valence-electron chi connectivity index (χ4n) is 5.65. The molecular formula is C45H43N. The van der Waals surface area contributed by atoms with Crippen LogP contribution in [0.3, 0.4) is 0 Å². The van der Waals surface area contributed by atoms with Gasteiger partial charge in [0.15, 0.2) is 0 Å². The van der Waals surface area contributed by atoms with E-state index in [1.165, 1.54) is 55.3 Å². The molecule has 0 fully saturated rings. The van der Waals surface area contributed by atoms with Crippen LogP contribution >= 0.6 is 0 Å². The van der Waals surface area contributed by atoms with Gasteiger partial charge in [0, 0.05) is 10.9 Å². The summed E-state index contributed by atoms with van der Waals surface area (Å²) < 4.78 is 0. The van der Waals surface area contributed by atoms with Crippen LogP contribution in [-0.2, 0) is 0 Å². The first-order chi connectivity index (χ1) is 22.4. The summed E-state index contributed by atoms with van der Waals surface area (Å²) in [6, 6.07) is 49.5. The second-order valence-electron chi connectivity index (χ2n) is 11.6. The van der Waals surface area contributed by atoms with E-state index in [0.29, 0.717) is 0 Å². The first kappa shape index (κ1) is 32.1. The number of rotatable bonds is 4. The van der Waals surface area contributed by atoms with Crippen LogP contribution in [0.2, 0.25) is 0 Å². The van der Waals surface area contributed by atoms with Gasteiger partial charge in [-0.2, -0.15) is 0 Å². The van der Waals surface area contributed by atoms with Crippen molar-refractivity contribution in [2.75, 3.05) is 0 Å². The number of fused-ring (bicyclic) bond motifs is 2. The third kappa shape index (κ3) is 7.16. The van der Waals surface area contributed by atoms with E-state index in [9.17, 15) is 0 Å². The molecule has 0 aliphatic rings. The average Bonchev–Trinajstić information content (AvgIpc) is 3.10. The minimum Gasteiger partial charge on any atom is -0.248 e. The molecule has 1 heterocycles. The Morgan fingerprint density at radius 1 is 0.478 bits per heavy atom. The minimum absolute atomic E-state index is 0.984. The second-order valence-corrected chi connectivity index (χ2v) is 11.6. The third-order valence-electron chi connectivity index (χ3n) is 8.41. The van der Waals surface area contributed by atoms with Gasteiger partial charge in [0.2, 0.25) is 0 Å². The van der Waals surface area contributed by atoms with Crippen LogP contribution in [0, 0.1) is 20.8 Å². The molecule has 0 radical (unpaired) electrons. The Balaban J connectivity index is 0.000000361. The van der Waals surface area contributed by atoms with Crippen LogP contribution in [0.25, 0.3) is 60.8 Å². The SMILES string of the molecule is C=C(C)c1ccc(-c2ccc3ccccc3c2)cc1-c1cc(-c2ccc3ccccc3n2)ccc1C.CC.Cc1ccccc1C. The third-order valence-corrected chi connectivity index (χ3v) is 8.41. The maximum atomic E-state index is 4.94. The largest absolute Gasteiger partial charge is 0.248 e. The molecule has 0 bridgehead atoms. The number of para-hydroxylation sites is 1. The van der Waals surface area contributed by atoms with Gasteiger partial charge in [-0.05, 0) is 113 Å². The smallest absolute Gasteiger partial charge is 0.0709 e. The molecule has 1 heteroatoms. The summed E-state index contributed by atoms with van der Waals surface area (Å²) in [6.07, 6.45) is 0. The Kier molecular flexibility index (Phi) is 10.2. The van der Waals surface area contributed by atoms with Crippen LogP contribution in [-0.4, -0.2) is 4.98 Å². The summed E-state index contributed by atoms with van der Waals surface area (Å²) in [5.74, 6) is 0. The Bertz CT molecular complexity index is 2110. The van der Waals surface area contributed by atoms with Crippen molar-refractivity contribution in [3.8, 4) is 33.5 Å². The number of aromatic nitrogens is 1. The fourth-order valence-corrected chi connectivity index (χ4v) is 5.65. The first-order valence-corrected chi connectivity index (χ1v) is 16.2. The second kappa shape index (κ2) is 14.7. The highest BCUT2D eigenvalue weighted by Crippen LogP contribution is 2.37. The van der Waals surface area contributed by atoms with Crippen LogP contribution in [0.1, 0.15) is 43.0 Å². The molecule has 0 unspecified atom stereocenters. The molecule has 1 aromatic heterocycles. The molecule has 7 aromatic rings. The molecule has 0 N–H and O–H groups in total. The molecular weight excluding hydrogens is 555 g/mol. The van der Waals surface area contributed by atoms with Crippen LogP contribution in [0.5, 0.6) is 0 Å². The standard InChI is InChI=1S/C35H27N.C8H10.C2H6/c1-23(2)31-18-16-29(28-15-14-25-8-4-5-10-27(25)20-28)21-33(31)32-22-30(13-12-24(32)3)35-19-17-26-9-6-7-11-34(26)36-35;1-7-5-3-4-6-8(7)2;1-2/h4-22H,1H2,2-3H3;3-6H,1-2H3;1-2H3. The zero-order valence-corrected chi connectivity index (χ0v) is 27.9. The quantitative estimate of drug-likeness (QED) is 0.197. The van der Waals surface area contributed by atoms with Crippen molar-refractivity contribution in [3.05, 3.63) is 168 Å². The maximum absolute atomic E-state index is 4.94. The lowest BCUT2D eigenvalue weighted by Crippen LogP contribution is -1.93. The number of pyridine rings is 1. The van der Waals surface area contributed by atoms with Gasteiger partial charge in [0.1, 0.15) is 0 Å². The summed E-state index contributed by atoms with van der Waals surface area (Å²) in [5, 5.41) is 3.66. The Morgan fingerprint density at radius 3 is 1.72 bits per heavy atom. The molecule has 1 nitrogen and oxygen atoms in total. The molecule has 46 heavy (non-hydrogen) atoms. The number of hydrogen-bond acceptors (Lipinski definition) is 1. The number of hydrogen-bond donors (Lipinski definition) is 0. The lowest BCUT2D eigenvalue weighted by molar-refractivity contribution is 1.34. The molecule has 0 aliphatic carbocycles. The zero-order valence-electron chi connectivity index (χ0n) is 27.9. The molecule has 0 spiro atoms. The van der Waals surface area contributed by atoms with E-state index in [0.717, 1.165) is 27.7 Å². The van der Waals surface area contributed by atoms with Gasteiger partial charge >= 0.3 is 0 Å². The van der Waals surface area contributed by atoms with Gasteiger partial charge in [-0.1, -0.05) is 135 Å². The molecule has 228 valence electrons. The van der Waals surface area contributed by atoms with Crippen molar-refractivity contribution in [1.29, 1.82) is 0 Å².